The molecule has 0 radical (unpaired) electrons. The van der Waals surface area contributed by atoms with Gasteiger partial charge in [0.05, 0.1) is 28.9 Å². The van der Waals surface area contributed by atoms with Gasteiger partial charge >= 0.3 is 6.03 Å². The third kappa shape index (κ3) is 6.72. The second-order valence-corrected chi connectivity index (χ2v) is 14.0. The summed E-state index contributed by atoms with van der Waals surface area (Å²) in [6, 6.07) is 4.48. The largest absolute Gasteiger partial charge is 0.397 e. The number of benzene rings is 1. The Kier molecular flexibility index (Phi) is 9.68. The molecule has 11 heteroatoms. The van der Waals surface area contributed by atoms with Gasteiger partial charge in [-0.1, -0.05) is 24.6 Å². The van der Waals surface area contributed by atoms with Gasteiger partial charge in [-0.3, -0.25) is 9.59 Å². The van der Waals surface area contributed by atoms with E-state index in [2.05, 4.69) is 15.6 Å². The number of nitrogens with one attached hydrogen (secondary N) is 1. The number of amides is 4. The van der Waals surface area contributed by atoms with Crippen LogP contribution >= 0.6 is 22.9 Å². The molecule has 0 bridgehead atoms. The molecule has 0 saturated carbocycles. The number of rotatable bonds is 8. The lowest BCUT2D eigenvalue weighted by atomic mass is 9.91. The molecule has 238 valence electrons. The second kappa shape index (κ2) is 13.7. The number of carbonyl (C=O) groups is 3. The number of carbonyl (C=O) groups excluding carboxylic acids is 3. The predicted octanol–water partition coefficient (Wildman–Crippen LogP) is 5.22. The number of hydrogen-bond acceptors (Lipinski definition) is 6. The van der Waals surface area contributed by atoms with Crippen molar-refractivity contribution in [2.24, 2.45) is 5.92 Å². The van der Waals surface area contributed by atoms with Crippen LogP contribution in [0.2, 0.25) is 5.02 Å². The highest BCUT2D eigenvalue weighted by atomic mass is 35.5. The molecule has 9 nitrogen and oxygen atoms in total. The highest BCUT2D eigenvalue weighted by Gasteiger charge is 2.36. The van der Waals surface area contributed by atoms with Crippen molar-refractivity contribution >= 4 is 52.2 Å². The maximum absolute atomic E-state index is 14.1. The van der Waals surface area contributed by atoms with Crippen molar-refractivity contribution in [3.05, 3.63) is 44.6 Å². The van der Waals surface area contributed by atoms with E-state index in [1.165, 1.54) is 25.9 Å². The molecular formula is C33H45ClN6O3S. The number of aryl methyl sites for hydroxylation is 1. The molecule has 3 saturated heterocycles. The fraction of sp³-hybridized carbons (Fsp3) is 0.606. The predicted molar refractivity (Wildman–Crippen MR) is 176 cm³/mol. The van der Waals surface area contributed by atoms with Crippen molar-refractivity contribution in [1.29, 1.82) is 0 Å². The van der Waals surface area contributed by atoms with Gasteiger partial charge in [0.25, 0.3) is 0 Å². The smallest absolute Gasteiger partial charge is 0.322 e. The van der Waals surface area contributed by atoms with E-state index < -0.39 is 5.92 Å². The van der Waals surface area contributed by atoms with Crippen molar-refractivity contribution in [1.82, 2.24) is 19.6 Å². The van der Waals surface area contributed by atoms with E-state index in [0.717, 1.165) is 67.6 Å². The molecule has 0 spiro atoms. The van der Waals surface area contributed by atoms with Crippen LogP contribution in [0.4, 0.5) is 16.2 Å². The summed E-state index contributed by atoms with van der Waals surface area (Å²) in [4.78, 5) is 49.0. The van der Waals surface area contributed by atoms with Crippen molar-refractivity contribution < 1.29 is 14.4 Å². The van der Waals surface area contributed by atoms with Crippen LogP contribution in [0.5, 0.6) is 0 Å². The number of likely N-dealkylation sites (tertiary alicyclic amines) is 3. The van der Waals surface area contributed by atoms with Gasteiger partial charge in [0.15, 0.2) is 0 Å². The van der Waals surface area contributed by atoms with E-state index >= 15 is 0 Å². The number of nitrogen functional groups attached to an aromatic ring is 1. The Morgan fingerprint density at radius 1 is 1.00 bits per heavy atom. The minimum Gasteiger partial charge on any atom is -0.397 e. The number of halogens is 1. The molecule has 0 unspecified atom stereocenters. The summed E-state index contributed by atoms with van der Waals surface area (Å²) in [7, 11) is 0. The second-order valence-electron chi connectivity index (χ2n) is 12.9. The van der Waals surface area contributed by atoms with Gasteiger partial charge in [-0.2, -0.15) is 0 Å². The number of nitrogens with zero attached hydrogens (tertiary/aromatic N) is 4. The molecule has 5 heterocycles. The summed E-state index contributed by atoms with van der Waals surface area (Å²) in [6.45, 7) is 7.63. The average molecular weight is 641 g/mol. The van der Waals surface area contributed by atoms with E-state index in [0.29, 0.717) is 42.8 Å². The van der Waals surface area contributed by atoms with Crippen molar-refractivity contribution in [2.75, 3.05) is 50.3 Å². The molecule has 4 aliphatic rings. The van der Waals surface area contributed by atoms with E-state index in [-0.39, 0.29) is 30.3 Å². The van der Waals surface area contributed by atoms with Crippen LogP contribution in [0.3, 0.4) is 0 Å². The number of fused-ring (bicyclic) bond motifs is 1. The van der Waals surface area contributed by atoms with Crippen LogP contribution < -0.4 is 11.1 Å². The first-order chi connectivity index (χ1) is 21.3. The van der Waals surface area contributed by atoms with Crippen molar-refractivity contribution in [3.8, 4) is 0 Å². The first-order valence-electron chi connectivity index (χ1n) is 16.3. The first-order valence-corrected chi connectivity index (χ1v) is 17.6. The van der Waals surface area contributed by atoms with Gasteiger partial charge in [0.2, 0.25) is 11.8 Å². The van der Waals surface area contributed by atoms with Crippen LogP contribution in [-0.2, 0) is 29.0 Å². The average Bonchev–Trinajstić information content (AvgIpc) is 3.74. The first kappa shape index (κ1) is 31.2. The number of piperidine rings is 2. The molecule has 3 N–H and O–H groups in total. The topological polar surface area (TPSA) is 102 Å². The van der Waals surface area contributed by atoms with Gasteiger partial charge < -0.3 is 30.7 Å². The Morgan fingerprint density at radius 3 is 2.39 bits per heavy atom. The molecule has 44 heavy (non-hydrogen) atoms. The Labute approximate surface area is 269 Å². The molecule has 0 aliphatic carbocycles. The summed E-state index contributed by atoms with van der Waals surface area (Å²) in [6.07, 6.45) is 7.35. The lowest BCUT2D eigenvalue weighted by molar-refractivity contribution is -0.143. The molecule has 1 aromatic heterocycles. The lowest BCUT2D eigenvalue weighted by Crippen LogP contribution is -2.51. The normalized spacial score (nSPS) is 21.0. The van der Waals surface area contributed by atoms with Gasteiger partial charge in [-0.25, -0.2) is 4.79 Å². The van der Waals surface area contributed by atoms with Crippen molar-refractivity contribution in [3.63, 3.8) is 0 Å². The SMILES string of the molecule is CCc1cc(C[C@@H](CC(=O)N2CCC(N3Cc4cscc4NC3=O)CC2)C(=O)N2CCC(N3CCCC3)CC2)cc(Cl)c1N. The molecule has 1 atom stereocenters. The Morgan fingerprint density at radius 2 is 1.68 bits per heavy atom. The van der Waals surface area contributed by atoms with Gasteiger partial charge in [-0.15, -0.1) is 11.3 Å². The van der Waals surface area contributed by atoms with Crippen LogP contribution in [0.15, 0.2) is 22.9 Å². The van der Waals surface area contributed by atoms with Gasteiger partial charge in [0.1, 0.15) is 0 Å². The molecule has 1 aromatic carbocycles. The summed E-state index contributed by atoms with van der Waals surface area (Å²) in [5.41, 5.74) is 10.8. The molecule has 4 aliphatic heterocycles. The maximum atomic E-state index is 14.1. The lowest BCUT2D eigenvalue weighted by Gasteiger charge is -2.40. The Hall–Kier alpha value is -2.82. The summed E-state index contributed by atoms with van der Waals surface area (Å²) < 4.78 is 0. The fourth-order valence-electron chi connectivity index (χ4n) is 7.55. The third-order valence-electron chi connectivity index (χ3n) is 10.2. The molecule has 6 rings (SSSR count). The van der Waals surface area contributed by atoms with Crippen molar-refractivity contribution in [2.45, 2.75) is 83.3 Å². The summed E-state index contributed by atoms with van der Waals surface area (Å²) >= 11 is 8.09. The highest BCUT2D eigenvalue weighted by molar-refractivity contribution is 7.08. The van der Waals surface area contributed by atoms with Crippen LogP contribution in [-0.4, -0.2) is 88.8 Å². The molecule has 3 fully saturated rings. The fourth-order valence-corrected chi connectivity index (χ4v) is 8.60. The third-order valence-corrected chi connectivity index (χ3v) is 11.3. The zero-order valence-electron chi connectivity index (χ0n) is 25.7. The standard InChI is InChI=1S/C33H45ClN6O3S/c1-2-23-15-22(17-28(34)31(23)35)16-24(32(42)39-13-5-26(6-14-39)37-9-3-4-10-37)18-30(41)38-11-7-27(8-12-38)40-19-25-20-44-21-29(25)36-33(40)43/h15,17,20-21,24,26-27H,2-14,16,18-19,35H2,1H3,(H,36,43)/t24-/m0/s1. The minimum atomic E-state index is -0.460. The quantitative estimate of drug-likeness (QED) is 0.385. The Balaban J connectivity index is 1.11. The number of anilines is 2. The zero-order chi connectivity index (χ0) is 30.8. The van der Waals surface area contributed by atoms with Crippen LogP contribution in [0.25, 0.3) is 0 Å². The molecule has 4 amide bonds. The zero-order valence-corrected chi connectivity index (χ0v) is 27.3. The number of thiophene rings is 1. The van der Waals surface area contributed by atoms with E-state index in [9.17, 15) is 14.4 Å². The monoisotopic (exact) mass is 640 g/mol. The maximum Gasteiger partial charge on any atom is 0.322 e. The van der Waals surface area contributed by atoms with E-state index in [4.69, 9.17) is 17.3 Å². The highest BCUT2D eigenvalue weighted by Crippen LogP contribution is 2.32. The van der Waals surface area contributed by atoms with E-state index in [1.807, 2.05) is 39.1 Å². The number of nitrogens with two attached hydrogens (primary N) is 1. The summed E-state index contributed by atoms with van der Waals surface area (Å²) in [5, 5.41) is 7.56. The Bertz CT molecular complexity index is 1360. The van der Waals surface area contributed by atoms with Crippen LogP contribution in [0, 0.1) is 5.92 Å². The number of hydrogen-bond donors (Lipinski definition) is 2. The summed E-state index contributed by atoms with van der Waals surface area (Å²) in [5.74, 6) is -0.386. The van der Waals surface area contributed by atoms with Crippen LogP contribution in [0.1, 0.15) is 68.6 Å². The molecular weight excluding hydrogens is 596 g/mol. The molecule has 2 aromatic rings. The van der Waals surface area contributed by atoms with Gasteiger partial charge in [0, 0.05) is 55.6 Å². The minimum absolute atomic E-state index is 0.00854. The number of urea groups is 1. The van der Waals surface area contributed by atoms with E-state index in [1.54, 1.807) is 11.3 Å². The van der Waals surface area contributed by atoms with Gasteiger partial charge in [-0.05, 0) is 87.0 Å².